The number of aromatic nitrogens is 5. The minimum absolute atomic E-state index is 0.0159. The predicted octanol–water partition coefficient (Wildman–Crippen LogP) is 2.27. The lowest BCUT2D eigenvalue weighted by Crippen LogP contribution is -2.30. The Labute approximate surface area is 135 Å². The van der Waals surface area contributed by atoms with Crippen molar-refractivity contribution in [1.29, 1.82) is 0 Å². The molecular weight excluding hydrogens is 294 g/mol. The Morgan fingerprint density at radius 2 is 2.09 bits per heavy atom. The van der Waals surface area contributed by atoms with E-state index < -0.39 is 0 Å². The third-order valence-electron chi connectivity index (χ3n) is 3.27. The van der Waals surface area contributed by atoms with Crippen molar-refractivity contribution in [3.63, 3.8) is 0 Å². The summed E-state index contributed by atoms with van der Waals surface area (Å²) in [6.45, 7) is 10.6. The Kier molecular flexibility index (Phi) is 4.92. The fourth-order valence-corrected chi connectivity index (χ4v) is 2.11. The quantitative estimate of drug-likeness (QED) is 0.901. The fraction of sp³-hybridized carbons (Fsp3) is 0.533. The van der Waals surface area contributed by atoms with Crippen LogP contribution in [0.3, 0.4) is 0 Å². The van der Waals surface area contributed by atoms with Gasteiger partial charge in [0.1, 0.15) is 0 Å². The second-order valence-electron chi connectivity index (χ2n) is 6.62. The molecule has 0 aliphatic rings. The number of amides is 2. The Morgan fingerprint density at radius 1 is 1.35 bits per heavy atom. The molecule has 0 fully saturated rings. The highest BCUT2D eigenvalue weighted by Crippen LogP contribution is 2.24. The van der Waals surface area contributed by atoms with E-state index in [4.69, 9.17) is 0 Å². The number of pyridine rings is 1. The molecule has 0 atom stereocenters. The van der Waals surface area contributed by atoms with Crippen molar-refractivity contribution < 1.29 is 4.79 Å². The summed E-state index contributed by atoms with van der Waals surface area (Å²) < 4.78 is 0. The molecule has 2 N–H and O–H groups in total. The zero-order valence-electron chi connectivity index (χ0n) is 14.2. The van der Waals surface area contributed by atoms with Crippen LogP contribution in [0.4, 0.5) is 10.7 Å². The molecular formula is C15H23N7O. The van der Waals surface area contributed by atoms with Crippen molar-refractivity contribution >= 4 is 12.0 Å². The number of rotatable bonds is 4. The molecule has 0 aromatic carbocycles. The Balaban J connectivity index is 1.97. The number of nitrogens with zero attached hydrogens (tertiary/aromatic N) is 5. The summed E-state index contributed by atoms with van der Waals surface area (Å²) in [7, 11) is 0. The molecule has 0 saturated carbocycles. The molecule has 0 spiro atoms. The molecule has 0 radical (unpaired) electrons. The maximum atomic E-state index is 12.0. The first-order chi connectivity index (χ1) is 10.8. The van der Waals surface area contributed by atoms with Crippen LogP contribution in [-0.4, -0.2) is 31.2 Å². The van der Waals surface area contributed by atoms with Crippen LogP contribution in [0.1, 0.15) is 51.8 Å². The molecule has 0 saturated heterocycles. The summed E-state index contributed by atoms with van der Waals surface area (Å²) in [6, 6.07) is 1.69. The lowest BCUT2D eigenvalue weighted by atomic mass is 9.85. The summed E-state index contributed by atoms with van der Waals surface area (Å²) in [5.74, 6) is 0.179. The highest BCUT2D eigenvalue weighted by atomic mass is 16.2. The van der Waals surface area contributed by atoms with Crippen LogP contribution in [0.2, 0.25) is 0 Å². The monoisotopic (exact) mass is 317 g/mol. The van der Waals surface area contributed by atoms with Gasteiger partial charge in [0.05, 0.1) is 6.04 Å². The molecule has 0 unspecified atom stereocenters. The summed E-state index contributed by atoms with van der Waals surface area (Å²) in [6.07, 6.45) is 3.53. The normalized spacial score (nSPS) is 11.6. The summed E-state index contributed by atoms with van der Waals surface area (Å²) in [5.41, 5.74) is 2.11. The van der Waals surface area contributed by atoms with E-state index in [2.05, 4.69) is 51.8 Å². The van der Waals surface area contributed by atoms with Gasteiger partial charge in [-0.2, -0.15) is 4.80 Å². The zero-order chi connectivity index (χ0) is 17.0. The second-order valence-corrected chi connectivity index (χ2v) is 6.62. The van der Waals surface area contributed by atoms with Crippen LogP contribution in [0.5, 0.6) is 0 Å². The topological polar surface area (TPSA) is 97.6 Å². The van der Waals surface area contributed by atoms with Crippen LogP contribution in [-0.2, 0) is 12.0 Å². The highest BCUT2D eigenvalue weighted by Gasteiger charge is 2.18. The summed E-state index contributed by atoms with van der Waals surface area (Å²) in [4.78, 5) is 17.5. The summed E-state index contributed by atoms with van der Waals surface area (Å²) >= 11 is 0. The first kappa shape index (κ1) is 16.9. The van der Waals surface area contributed by atoms with Crippen molar-refractivity contribution in [2.24, 2.45) is 0 Å². The fourth-order valence-electron chi connectivity index (χ4n) is 2.11. The van der Waals surface area contributed by atoms with Gasteiger partial charge in [0.15, 0.2) is 0 Å². The van der Waals surface area contributed by atoms with Crippen molar-refractivity contribution in [2.75, 3.05) is 5.32 Å². The number of nitrogens with one attached hydrogen (secondary N) is 2. The molecule has 23 heavy (non-hydrogen) atoms. The number of hydrogen-bond acceptors (Lipinski definition) is 5. The maximum absolute atomic E-state index is 12.0. The molecule has 2 amide bonds. The molecule has 8 heteroatoms. The first-order valence-electron chi connectivity index (χ1n) is 7.55. The number of tetrazole rings is 1. The Morgan fingerprint density at radius 3 is 2.70 bits per heavy atom. The first-order valence-corrected chi connectivity index (χ1v) is 7.55. The van der Waals surface area contributed by atoms with Gasteiger partial charge in [-0.3, -0.25) is 10.3 Å². The van der Waals surface area contributed by atoms with Gasteiger partial charge in [-0.15, -0.1) is 5.10 Å². The Bertz CT molecular complexity index is 672. The standard InChI is InChI=1S/C15H23N7O/c1-10(2)22-20-13(19-21-22)18-14(23)17-9-11-8-16-7-6-12(11)15(3,4)5/h6-8,10H,9H2,1-5H3,(H2,17,18,20,23). The van der Waals surface area contributed by atoms with Gasteiger partial charge in [0.2, 0.25) is 0 Å². The van der Waals surface area contributed by atoms with Gasteiger partial charge >= 0.3 is 6.03 Å². The molecule has 124 valence electrons. The average molecular weight is 317 g/mol. The minimum Gasteiger partial charge on any atom is -0.334 e. The van der Waals surface area contributed by atoms with Gasteiger partial charge < -0.3 is 5.32 Å². The minimum atomic E-state index is -0.378. The van der Waals surface area contributed by atoms with E-state index in [-0.39, 0.29) is 23.4 Å². The second kappa shape index (κ2) is 6.72. The van der Waals surface area contributed by atoms with Crippen molar-refractivity contribution in [3.05, 3.63) is 29.6 Å². The van der Waals surface area contributed by atoms with Crippen LogP contribution < -0.4 is 10.6 Å². The van der Waals surface area contributed by atoms with E-state index in [1.54, 1.807) is 12.4 Å². The van der Waals surface area contributed by atoms with Crippen LogP contribution in [0.25, 0.3) is 0 Å². The predicted molar refractivity (Wildman–Crippen MR) is 87.0 cm³/mol. The molecule has 2 aromatic heterocycles. The van der Waals surface area contributed by atoms with Crippen molar-refractivity contribution in [3.8, 4) is 0 Å². The third-order valence-corrected chi connectivity index (χ3v) is 3.27. The number of urea groups is 1. The van der Waals surface area contributed by atoms with Crippen LogP contribution >= 0.6 is 0 Å². The molecule has 0 bridgehead atoms. The molecule has 0 aliphatic heterocycles. The van der Waals surface area contributed by atoms with Crippen molar-refractivity contribution in [1.82, 2.24) is 30.5 Å². The number of carbonyl (C=O) groups excluding carboxylic acids is 1. The van der Waals surface area contributed by atoms with E-state index in [0.717, 1.165) is 11.1 Å². The zero-order valence-corrected chi connectivity index (χ0v) is 14.2. The van der Waals surface area contributed by atoms with Crippen LogP contribution in [0, 0.1) is 0 Å². The SMILES string of the molecule is CC(C)n1nnc(NC(=O)NCc2cnccc2C(C)(C)C)n1. The lowest BCUT2D eigenvalue weighted by Gasteiger charge is -2.22. The van der Waals surface area contributed by atoms with E-state index in [9.17, 15) is 4.79 Å². The van der Waals surface area contributed by atoms with E-state index in [1.807, 2.05) is 19.9 Å². The van der Waals surface area contributed by atoms with Gasteiger partial charge in [0.25, 0.3) is 5.95 Å². The number of anilines is 1. The molecule has 8 nitrogen and oxygen atoms in total. The van der Waals surface area contributed by atoms with Crippen LogP contribution in [0.15, 0.2) is 18.5 Å². The maximum Gasteiger partial charge on any atom is 0.321 e. The van der Waals surface area contributed by atoms with Gasteiger partial charge in [-0.25, -0.2) is 4.79 Å². The van der Waals surface area contributed by atoms with Crippen molar-refractivity contribution in [2.45, 2.75) is 52.6 Å². The van der Waals surface area contributed by atoms with Gasteiger partial charge in [-0.1, -0.05) is 25.9 Å². The Hall–Kier alpha value is -2.51. The largest absolute Gasteiger partial charge is 0.334 e. The molecule has 2 aromatic rings. The molecule has 0 aliphatic carbocycles. The number of hydrogen-bond donors (Lipinski definition) is 2. The van der Waals surface area contributed by atoms with Gasteiger partial charge in [-0.05, 0) is 41.7 Å². The van der Waals surface area contributed by atoms with Gasteiger partial charge in [0, 0.05) is 18.9 Å². The summed E-state index contributed by atoms with van der Waals surface area (Å²) in [5, 5.41) is 17.1. The molecule has 2 rings (SSSR count). The third kappa shape index (κ3) is 4.48. The lowest BCUT2D eigenvalue weighted by molar-refractivity contribution is 0.251. The molecule has 2 heterocycles. The smallest absolute Gasteiger partial charge is 0.321 e. The van der Waals surface area contributed by atoms with E-state index in [1.165, 1.54) is 4.80 Å². The average Bonchev–Trinajstić information content (AvgIpc) is 2.93. The van der Waals surface area contributed by atoms with E-state index in [0.29, 0.717) is 6.54 Å². The highest BCUT2D eigenvalue weighted by molar-refractivity contribution is 5.87. The number of carbonyl (C=O) groups is 1. The van der Waals surface area contributed by atoms with E-state index >= 15 is 0 Å².